The second-order valence-corrected chi connectivity index (χ2v) is 8.29. The molecule has 0 N–H and O–H groups in total. The van der Waals surface area contributed by atoms with Gasteiger partial charge in [0.2, 0.25) is 0 Å². The topological polar surface area (TPSA) is 0 Å². The average molecular weight is 358 g/mol. The number of rotatable bonds is 3. The summed E-state index contributed by atoms with van der Waals surface area (Å²) >= 11 is 0. The first-order chi connectivity index (χ1) is 13.9. The second kappa shape index (κ2) is 5.94. The van der Waals surface area contributed by atoms with E-state index in [4.69, 9.17) is 0 Å². The zero-order valence-corrected chi connectivity index (χ0v) is 15.8. The van der Waals surface area contributed by atoms with Crippen molar-refractivity contribution in [3.8, 4) is 22.3 Å². The minimum atomic E-state index is 0.358. The zero-order chi connectivity index (χ0) is 18.6. The Hall–Kier alpha value is -3.12. The van der Waals surface area contributed by atoms with Crippen molar-refractivity contribution in [3.05, 3.63) is 120 Å². The van der Waals surface area contributed by atoms with Crippen LogP contribution in [0.15, 0.2) is 103 Å². The second-order valence-electron chi connectivity index (χ2n) is 8.29. The van der Waals surface area contributed by atoms with Crippen molar-refractivity contribution in [2.75, 3.05) is 0 Å². The lowest BCUT2D eigenvalue weighted by atomic mass is 9.68. The summed E-state index contributed by atoms with van der Waals surface area (Å²) in [5, 5.41) is 0. The van der Waals surface area contributed by atoms with Gasteiger partial charge in [-0.2, -0.15) is 0 Å². The smallest absolute Gasteiger partial charge is 0.00773 e. The molecule has 0 aliphatic heterocycles. The Morgan fingerprint density at radius 1 is 0.607 bits per heavy atom. The summed E-state index contributed by atoms with van der Waals surface area (Å²) in [6, 6.07) is 37.7. The Kier molecular flexibility index (Phi) is 3.37. The molecule has 28 heavy (non-hydrogen) atoms. The molecule has 4 aromatic rings. The van der Waals surface area contributed by atoms with E-state index in [0.29, 0.717) is 11.3 Å². The van der Waals surface area contributed by atoms with Crippen LogP contribution in [0.4, 0.5) is 0 Å². The van der Waals surface area contributed by atoms with E-state index in [1.807, 2.05) is 0 Å². The third kappa shape index (κ3) is 2.31. The van der Waals surface area contributed by atoms with Gasteiger partial charge < -0.3 is 0 Å². The van der Waals surface area contributed by atoms with E-state index in [9.17, 15) is 0 Å². The molecule has 0 bridgehead atoms. The van der Waals surface area contributed by atoms with Crippen LogP contribution in [0.5, 0.6) is 0 Å². The molecule has 0 heteroatoms. The van der Waals surface area contributed by atoms with Crippen molar-refractivity contribution in [3.63, 3.8) is 0 Å². The summed E-state index contributed by atoms with van der Waals surface area (Å²) in [7, 11) is 0. The van der Waals surface area contributed by atoms with E-state index >= 15 is 0 Å². The van der Waals surface area contributed by atoms with Gasteiger partial charge in [0.05, 0.1) is 0 Å². The van der Waals surface area contributed by atoms with Crippen molar-refractivity contribution in [2.24, 2.45) is 0 Å². The van der Waals surface area contributed by atoms with Gasteiger partial charge in [-0.15, -0.1) is 0 Å². The maximum Gasteiger partial charge on any atom is 0.00773 e. The Bertz CT molecular complexity index is 1140. The number of benzene rings is 4. The molecule has 0 radical (unpaired) electrons. The maximum absolute atomic E-state index is 2.43. The van der Waals surface area contributed by atoms with Gasteiger partial charge in [0.15, 0.2) is 0 Å². The van der Waals surface area contributed by atoms with E-state index in [0.717, 1.165) is 0 Å². The molecule has 134 valence electrons. The van der Waals surface area contributed by atoms with E-state index < -0.39 is 0 Å². The minimum Gasteiger partial charge on any atom is -0.0622 e. The highest BCUT2D eigenvalue weighted by Crippen LogP contribution is 2.69. The van der Waals surface area contributed by atoms with Crippen molar-refractivity contribution in [1.29, 1.82) is 0 Å². The fourth-order valence-corrected chi connectivity index (χ4v) is 5.29. The fraction of sp³-hybridized carbons (Fsp3) is 0.143. The summed E-state index contributed by atoms with van der Waals surface area (Å²) in [5.41, 5.74) is 10.4. The normalized spacial score (nSPS) is 21.8. The maximum atomic E-state index is 2.43. The van der Waals surface area contributed by atoms with Crippen LogP contribution in [0, 0.1) is 0 Å². The molecule has 1 saturated carbocycles. The molecule has 2 atom stereocenters. The van der Waals surface area contributed by atoms with Crippen molar-refractivity contribution in [2.45, 2.75) is 24.2 Å². The highest BCUT2D eigenvalue weighted by molar-refractivity contribution is 5.82. The van der Waals surface area contributed by atoms with Gasteiger partial charge in [0.1, 0.15) is 0 Å². The molecule has 1 spiro atoms. The lowest BCUT2D eigenvalue weighted by Crippen LogP contribution is -2.28. The van der Waals surface area contributed by atoms with Crippen LogP contribution in [-0.4, -0.2) is 0 Å². The van der Waals surface area contributed by atoms with E-state index in [-0.39, 0.29) is 0 Å². The summed E-state index contributed by atoms with van der Waals surface area (Å²) < 4.78 is 0. The van der Waals surface area contributed by atoms with Gasteiger partial charge in [-0.3, -0.25) is 0 Å². The minimum absolute atomic E-state index is 0.358. The number of hydrogen-bond donors (Lipinski definition) is 0. The molecule has 0 amide bonds. The van der Waals surface area contributed by atoms with E-state index in [2.05, 4.69) is 103 Å². The molecule has 2 aliphatic carbocycles. The molecule has 2 unspecified atom stereocenters. The highest BCUT2D eigenvalue weighted by Gasteiger charge is 2.62. The van der Waals surface area contributed by atoms with Crippen molar-refractivity contribution >= 4 is 0 Å². The van der Waals surface area contributed by atoms with Crippen LogP contribution in [0.3, 0.4) is 0 Å². The lowest BCUT2D eigenvalue weighted by molar-refractivity contribution is 0.580. The quantitative estimate of drug-likeness (QED) is 0.370. The van der Waals surface area contributed by atoms with Gasteiger partial charge in [-0.25, -0.2) is 0 Å². The molecular weight excluding hydrogens is 336 g/mol. The highest BCUT2D eigenvalue weighted by atomic mass is 14.6. The van der Waals surface area contributed by atoms with Crippen molar-refractivity contribution < 1.29 is 0 Å². The lowest BCUT2D eigenvalue weighted by Gasteiger charge is -2.35. The fourth-order valence-electron chi connectivity index (χ4n) is 5.29. The van der Waals surface area contributed by atoms with Crippen LogP contribution in [0.2, 0.25) is 0 Å². The monoisotopic (exact) mass is 358 g/mol. The Balaban J connectivity index is 1.50. The van der Waals surface area contributed by atoms with E-state index in [1.54, 1.807) is 11.1 Å². The van der Waals surface area contributed by atoms with Gasteiger partial charge in [0, 0.05) is 5.41 Å². The van der Waals surface area contributed by atoms with Crippen LogP contribution in [0.1, 0.15) is 29.0 Å². The van der Waals surface area contributed by atoms with Gasteiger partial charge >= 0.3 is 0 Å². The van der Waals surface area contributed by atoms with Crippen LogP contribution in [-0.2, 0) is 11.8 Å². The predicted molar refractivity (Wildman–Crippen MR) is 116 cm³/mol. The van der Waals surface area contributed by atoms with Crippen LogP contribution < -0.4 is 0 Å². The number of fused-ring (bicyclic) bond motifs is 2. The first-order valence-electron chi connectivity index (χ1n) is 10.2. The molecule has 0 saturated heterocycles. The molecule has 0 aromatic heterocycles. The Morgan fingerprint density at radius 3 is 1.89 bits per heavy atom. The molecule has 4 aromatic carbocycles. The molecule has 1 fully saturated rings. The van der Waals surface area contributed by atoms with Crippen LogP contribution >= 0.6 is 0 Å². The van der Waals surface area contributed by atoms with Gasteiger partial charge in [-0.05, 0) is 63.8 Å². The third-order valence-corrected chi connectivity index (χ3v) is 6.69. The first kappa shape index (κ1) is 15.9. The third-order valence-electron chi connectivity index (χ3n) is 6.69. The summed E-state index contributed by atoms with van der Waals surface area (Å²) in [6.45, 7) is 0. The predicted octanol–water partition coefficient (Wildman–Crippen LogP) is 7.00. The van der Waals surface area contributed by atoms with Gasteiger partial charge in [0.25, 0.3) is 0 Å². The number of hydrogen-bond acceptors (Lipinski definition) is 0. The molecule has 2 aliphatic rings. The summed E-state index contributed by atoms with van der Waals surface area (Å²) in [5.74, 6) is 0.672. The molecule has 6 rings (SSSR count). The largest absolute Gasteiger partial charge is 0.0622 e. The SMILES string of the molecule is c1ccc(-c2cc3c(c(-c4ccccc4)c2)C2(C3)CC2c2ccccc2)cc1. The van der Waals surface area contributed by atoms with Gasteiger partial charge in [-0.1, -0.05) is 97.1 Å². The first-order valence-corrected chi connectivity index (χ1v) is 10.2. The zero-order valence-electron chi connectivity index (χ0n) is 15.8. The molecule has 0 heterocycles. The van der Waals surface area contributed by atoms with E-state index in [1.165, 1.54) is 40.7 Å². The summed E-state index contributed by atoms with van der Waals surface area (Å²) in [4.78, 5) is 0. The average Bonchev–Trinajstić information content (AvgIpc) is 3.52. The standard InChI is InChI=1S/C28H22/c1-4-10-20(11-5-1)23-16-24-18-28(19-26(28)22-14-8-3-9-15-22)27(24)25(17-23)21-12-6-2-7-13-21/h1-17,26H,18-19H2. The summed E-state index contributed by atoms with van der Waals surface area (Å²) in [6.07, 6.45) is 2.50. The van der Waals surface area contributed by atoms with Crippen LogP contribution in [0.25, 0.3) is 22.3 Å². The Labute approximate surface area is 166 Å². The molecule has 0 nitrogen and oxygen atoms in total. The Morgan fingerprint density at radius 2 is 1.21 bits per heavy atom. The molecular formula is C28H22. The van der Waals surface area contributed by atoms with Crippen molar-refractivity contribution in [1.82, 2.24) is 0 Å².